The maximum atomic E-state index is 6.32. The van der Waals surface area contributed by atoms with Crippen molar-refractivity contribution in [2.45, 2.75) is 26.8 Å². The molecule has 2 aromatic heterocycles. The summed E-state index contributed by atoms with van der Waals surface area (Å²) in [6, 6.07) is 6.07. The van der Waals surface area contributed by atoms with Crippen molar-refractivity contribution in [3.8, 4) is 0 Å². The van der Waals surface area contributed by atoms with E-state index in [2.05, 4.69) is 23.3 Å². The molecular weight excluding hydrogens is 292 g/mol. The molecule has 0 radical (unpaired) electrons. The summed E-state index contributed by atoms with van der Waals surface area (Å²) in [5, 5.41) is 4.15. The van der Waals surface area contributed by atoms with E-state index in [-0.39, 0.29) is 6.04 Å². The Hall–Kier alpha value is -1.52. The number of halogens is 1. The SMILES string of the molecule is Cc1cc(C(C)Nc2c(Cl)ccc3scnc23)c(C)o1. The van der Waals surface area contributed by atoms with Crippen LogP contribution < -0.4 is 5.32 Å². The van der Waals surface area contributed by atoms with E-state index in [0.717, 1.165) is 33.0 Å². The van der Waals surface area contributed by atoms with Gasteiger partial charge in [-0.05, 0) is 39.0 Å². The predicted octanol–water partition coefficient (Wildman–Crippen LogP) is 5.33. The molecule has 0 aliphatic heterocycles. The number of nitrogens with zero attached hydrogens (tertiary/aromatic N) is 1. The number of furan rings is 1. The molecule has 5 heteroatoms. The normalized spacial score (nSPS) is 12.8. The molecule has 0 spiro atoms. The second kappa shape index (κ2) is 5.11. The van der Waals surface area contributed by atoms with Crippen molar-refractivity contribution in [3.05, 3.63) is 45.8 Å². The number of benzene rings is 1. The van der Waals surface area contributed by atoms with Gasteiger partial charge in [0.2, 0.25) is 0 Å². The summed E-state index contributed by atoms with van der Waals surface area (Å²) >= 11 is 7.93. The lowest BCUT2D eigenvalue weighted by molar-refractivity contribution is 0.500. The standard InChI is InChI=1S/C15H15ClN2OS/c1-8-6-11(10(3)19-8)9(2)18-14-12(16)4-5-13-15(14)17-7-20-13/h4-7,9,18H,1-3H3. The molecular formula is C15H15ClN2OS. The fourth-order valence-corrected chi connectivity index (χ4v) is 3.31. The van der Waals surface area contributed by atoms with E-state index in [1.54, 1.807) is 11.3 Å². The lowest BCUT2D eigenvalue weighted by Crippen LogP contribution is -2.07. The summed E-state index contributed by atoms with van der Waals surface area (Å²) in [5.74, 6) is 1.85. The monoisotopic (exact) mass is 306 g/mol. The van der Waals surface area contributed by atoms with Crippen molar-refractivity contribution in [2.24, 2.45) is 0 Å². The van der Waals surface area contributed by atoms with E-state index in [1.165, 1.54) is 0 Å². The van der Waals surface area contributed by atoms with E-state index in [0.29, 0.717) is 5.02 Å². The number of nitrogens with one attached hydrogen (secondary N) is 1. The lowest BCUT2D eigenvalue weighted by Gasteiger charge is -2.16. The molecule has 0 saturated carbocycles. The first-order chi connectivity index (χ1) is 9.56. The Morgan fingerprint density at radius 2 is 2.15 bits per heavy atom. The number of aromatic nitrogens is 1. The minimum absolute atomic E-state index is 0.109. The highest BCUT2D eigenvalue weighted by Crippen LogP contribution is 2.35. The van der Waals surface area contributed by atoms with Crippen LogP contribution in [0.1, 0.15) is 30.0 Å². The van der Waals surface area contributed by atoms with Crippen LogP contribution in [0.25, 0.3) is 10.2 Å². The van der Waals surface area contributed by atoms with Crippen molar-refractivity contribution in [2.75, 3.05) is 5.32 Å². The van der Waals surface area contributed by atoms with E-state index in [4.69, 9.17) is 16.0 Å². The van der Waals surface area contributed by atoms with E-state index < -0.39 is 0 Å². The van der Waals surface area contributed by atoms with Gasteiger partial charge in [0.25, 0.3) is 0 Å². The second-order valence-corrected chi connectivity index (χ2v) is 6.15. The maximum absolute atomic E-state index is 6.32. The van der Waals surface area contributed by atoms with Gasteiger partial charge < -0.3 is 9.73 Å². The number of thiazole rings is 1. The zero-order valence-corrected chi connectivity index (χ0v) is 13.1. The van der Waals surface area contributed by atoms with Crippen LogP contribution in [0.4, 0.5) is 5.69 Å². The zero-order chi connectivity index (χ0) is 14.3. The second-order valence-electron chi connectivity index (χ2n) is 4.86. The summed E-state index contributed by atoms with van der Waals surface area (Å²) in [5.41, 5.74) is 4.79. The molecule has 2 heterocycles. The van der Waals surface area contributed by atoms with Crippen molar-refractivity contribution in [1.29, 1.82) is 0 Å². The Bertz CT molecular complexity index is 762. The number of aryl methyl sites for hydroxylation is 2. The van der Waals surface area contributed by atoms with Gasteiger partial charge in [-0.3, -0.25) is 0 Å². The molecule has 0 amide bonds. The Balaban J connectivity index is 1.98. The zero-order valence-electron chi connectivity index (χ0n) is 11.5. The van der Waals surface area contributed by atoms with Crippen LogP contribution in [0.2, 0.25) is 5.02 Å². The van der Waals surface area contributed by atoms with Gasteiger partial charge >= 0.3 is 0 Å². The van der Waals surface area contributed by atoms with Crippen molar-refractivity contribution >= 4 is 38.8 Å². The van der Waals surface area contributed by atoms with Crippen LogP contribution in [0, 0.1) is 13.8 Å². The largest absolute Gasteiger partial charge is 0.466 e. The highest BCUT2D eigenvalue weighted by molar-refractivity contribution is 7.16. The van der Waals surface area contributed by atoms with E-state index >= 15 is 0 Å². The molecule has 104 valence electrons. The van der Waals surface area contributed by atoms with Crippen LogP contribution >= 0.6 is 22.9 Å². The average molecular weight is 307 g/mol. The fourth-order valence-electron chi connectivity index (χ4n) is 2.42. The first-order valence-corrected chi connectivity index (χ1v) is 7.67. The molecule has 3 aromatic rings. The van der Waals surface area contributed by atoms with Crippen molar-refractivity contribution < 1.29 is 4.42 Å². The van der Waals surface area contributed by atoms with Crippen molar-refractivity contribution in [1.82, 2.24) is 4.98 Å². The quantitative estimate of drug-likeness (QED) is 0.710. The summed E-state index contributed by atoms with van der Waals surface area (Å²) in [7, 11) is 0. The molecule has 0 saturated heterocycles. The van der Waals surface area contributed by atoms with Gasteiger partial charge in [0.1, 0.15) is 17.0 Å². The molecule has 3 rings (SSSR count). The smallest absolute Gasteiger partial charge is 0.106 e. The predicted molar refractivity (Wildman–Crippen MR) is 84.8 cm³/mol. The number of hydrogen-bond acceptors (Lipinski definition) is 4. The molecule has 1 N–H and O–H groups in total. The van der Waals surface area contributed by atoms with Gasteiger partial charge in [-0.1, -0.05) is 11.6 Å². The number of hydrogen-bond donors (Lipinski definition) is 1. The maximum Gasteiger partial charge on any atom is 0.106 e. The van der Waals surface area contributed by atoms with Gasteiger partial charge in [-0.15, -0.1) is 11.3 Å². The molecule has 3 nitrogen and oxygen atoms in total. The number of fused-ring (bicyclic) bond motifs is 1. The summed E-state index contributed by atoms with van der Waals surface area (Å²) in [4.78, 5) is 4.40. The molecule has 1 aromatic carbocycles. The molecule has 0 aliphatic rings. The van der Waals surface area contributed by atoms with E-state index in [1.807, 2.05) is 31.5 Å². The third-order valence-electron chi connectivity index (χ3n) is 3.36. The summed E-state index contributed by atoms with van der Waals surface area (Å²) < 4.78 is 6.72. The summed E-state index contributed by atoms with van der Waals surface area (Å²) in [6.45, 7) is 6.03. The first-order valence-electron chi connectivity index (χ1n) is 6.41. The van der Waals surface area contributed by atoms with E-state index in [9.17, 15) is 0 Å². The fraction of sp³-hybridized carbons (Fsp3) is 0.267. The highest BCUT2D eigenvalue weighted by Gasteiger charge is 2.16. The van der Waals surface area contributed by atoms with Gasteiger partial charge in [0.05, 0.1) is 27.0 Å². The van der Waals surface area contributed by atoms with Crippen LogP contribution in [0.15, 0.2) is 28.1 Å². The average Bonchev–Trinajstić information content (AvgIpc) is 2.99. The molecule has 1 atom stereocenters. The molecule has 0 bridgehead atoms. The molecule has 20 heavy (non-hydrogen) atoms. The van der Waals surface area contributed by atoms with Crippen LogP contribution in [-0.2, 0) is 0 Å². The topological polar surface area (TPSA) is 38.1 Å². The number of anilines is 1. The van der Waals surface area contributed by atoms with Crippen molar-refractivity contribution in [3.63, 3.8) is 0 Å². The highest BCUT2D eigenvalue weighted by atomic mass is 35.5. The minimum Gasteiger partial charge on any atom is -0.466 e. The molecule has 0 fully saturated rings. The Morgan fingerprint density at radius 1 is 1.35 bits per heavy atom. The number of rotatable bonds is 3. The third kappa shape index (κ3) is 2.30. The Kier molecular flexibility index (Phi) is 3.44. The van der Waals surface area contributed by atoms with Gasteiger partial charge in [0.15, 0.2) is 0 Å². The molecule has 1 unspecified atom stereocenters. The van der Waals surface area contributed by atoms with Gasteiger partial charge in [-0.25, -0.2) is 4.98 Å². The van der Waals surface area contributed by atoms with Crippen LogP contribution in [-0.4, -0.2) is 4.98 Å². The lowest BCUT2D eigenvalue weighted by atomic mass is 10.1. The Labute approximate surface area is 126 Å². The first kappa shape index (κ1) is 13.5. The molecule has 0 aliphatic carbocycles. The Morgan fingerprint density at radius 3 is 2.85 bits per heavy atom. The third-order valence-corrected chi connectivity index (χ3v) is 4.47. The van der Waals surface area contributed by atoms with Crippen LogP contribution in [0.3, 0.4) is 0 Å². The van der Waals surface area contributed by atoms with Gasteiger partial charge in [0, 0.05) is 5.56 Å². The summed E-state index contributed by atoms with van der Waals surface area (Å²) in [6.07, 6.45) is 0. The minimum atomic E-state index is 0.109. The van der Waals surface area contributed by atoms with Gasteiger partial charge in [-0.2, -0.15) is 0 Å². The van der Waals surface area contributed by atoms with Crippen LogP contribution in [0.5, 0.6) is 0 Å².